The maximum Gasteiger partial charge on any atom is 0.471 e. The summed E-state index contributed by atoms with van der Waals surface area (Å²) in [7, 11) is -4.52. The van der Waals surface area contributed by atoms with E-state index in [9.17, 15) is 31.2 Å². The molecular weight excluding hydrogens is 271 g/mol. The van der Waals surface area contributed by atoms with E-state index >= 15 is 0 Å². The van der Waals surface area contributed by atoms with Crippen molar-refractivity contribution < 1.29 is 40.8 Å². The molecule has 0 bridgehead atoms. The molecule has 0 aromatic rings. The van der Waals surface area contributed by atoms with Crippen LogP contribution in [0.3, 0.4) is 0 Å². The van der Waals surface area contributed by atoms with Crippen LogP contribution in [-0.2, 0) is 19.7 Å². The summed E-state index contributed by atoms with van der Waals surface area (Å²) in [5.74, 6) is -5.42. The topological polar surface area (TPSA) is 121 Å². The van der Waals surface area contributed by atoms with Crippen molar-refractivity contribution in [2.75, 3.05) is 5.75 Å². The van der Waals surface area contributed by atoms with Gasteiger partial charge in [0.15, 0.2) is 0 Å². The minimum absolute atomic E-state index is 0.879. The average Bonchev–Trinajstić information content (AvgIpc) is 2.07. The molecule has 0 fully saturated rings. The van der Waals surface area contributed by atoms with E-state index < -0.39 is 46.4 Å². The number of hydrogen-bond acceptors (Lipinski definition) is 4. The molecule has 100 valence electrons. The molecule has 0 aliphatic rings. The summed E-state index contributed by atoms with van der Waals surface area (Å²) in [4.78, 5) is 20.8. The molecule has 0 heterocycles. The van der Waals surface area contributed by atoms with Gasteiger partial charge in [-0.2, -0.15) is 21.6 Å². The van der Waals surface area contributed by atoms with Gasteiger partial charge in [0.1, 0.15) is 6.04 Å². The Morgan fingerprint density at radius 2 is 1.76 bits per heavy atom. The third-order valence-electron chi connectivity index (χ3n) is 1.53. The van der Waals surface area contributed by atoms with E-state index in [0.717, 1.165) is 5.32 Å². The standard InChI is InChI=1S/C6H8F3NO6S/c7-6(8,9)5(13)10-3(4(11)12)1-2-17(14,15)16/h3H,1-2H2,(H,10,13)(H,11,12)(H,14,15,16). The number of rotatable bonds is 5. The summed E-state index contributed by atoms with van der Waals surface area (Å²) in [5, 5.41) is 9.52. The molecule has 0 aromatic carbocycles. The quantitative estimate of drug-likeness (QED) is 0.578. The molecule has 0 saturated heterocycles. The van der Waals surface area contributed by atoms with Gasteiger partial charge < -0.3 is 10.4 Å². The van der Waals surface area contributed by atoms with Gasteiger partial charge >= 0.3 is 18.1 Å². The van der Waals surface area contributed by atoms with Crippen LogP contribution in [0.25, 0.3) is 0 Å². The van der Waals surface area contributed by atoms with Crippen molar-refractivity contribution in [3.63, 3.8) is 0 Å². The Hall–Kier alpha value is -1.36. The van der Waals surface area contributed by atoms with Crippen LogP contribution < -0.4 is 5.32 Å². The van der Waals surface area contributed by atoms with Crippen molar-refractivity contribution in [1.82, 2.24) is 5.32 Å². The monoisotopic (exact) mass is 279 g/mol. The lowest BCUT2D eigenvalue weighted by molar-refractivity contribution is -0.175. The summed E-state index contributed by atoms with van der Waals surface area (Å²) in [6.07, 6.45) is -6.15. The predicted molar refractivity (Wildman–Crippen MR) is 46.7 cm³/mol. The van der Waals surface area contributed by atoms with Gasteiger partial charge in [0.05, 0.1) is 5.75 Å². The second-order valence-corrected chi connectivity index (χ2v) is 4.51. The zero-order valence-electron chi connectivity index (χ0n) is 8.06. The van der Waals surface area contributed by atoms with Gasteiger partial charge in [-0.25, -0.2) is 4.79 Å². The van der Waals surface area contributed by atoms with E-state index in [1.54, 1.807) is 0 Å². The van der Waals surface area contributed by atoms with Crippen LogP contribution in [0, 0.1) is 0 Å². The number of amides is 1. The Balaban J connectivity index is 4.57. The lowest BCUT2D eigenvalue weighted by Crippen LogP contribution is -2.47. The van der Waals surface area contributed by atoms with Crippen molar-refractivity contribution in [2.24, 2.45) is 0 Å². The molecule has 3 N–H and O–H groups in total. The Morgan fingerprint density at radius 3 is 2.06 bits per heavy atom. The minimum Gasteiger partial charge on any atom is -0.480 e. The zero-order chi connectivity index (χ0) is 13.9. The number of alkyl halides is 3. The van der Waals surface area contributed by atoms with Crippen LogP contribution in [0.5, 0.6) is 0 Å². The Labute approximate surface area is 93.4 Å². The Bertz CT molecular complexity index is 402. The van der Waals surface area contributed by atoms with Crippen LogP contribution in [0.1, 0.15) is 6.42 Å². The van der Waals surface area contributed by atoms with E-state index in [0.29, 0.717) is 0 Å². The third-order valence-corrected chi connectivity index (χ3v) is 2.28. The van der Waals surface area contributed by atoms with E-state index in [2.05, 4.69) is 0 Å². The molecule has 1 atom stereocenters. The fourth-order valence-electron chi connectivity index (χ4n) is 0.764. The molecule has 0 aromatic heterocycles. The van der Waals surface area contributed by atoms with Gasteiger partial charge in [0.25, 0.3) is 10.1 Å². The highest BCUT2D eigenvalue weighted by atomic mass is 32.2. The molecular formula is C6H8F3NO6S. The number of carbonyl (C=O) groups excluding carboxylic acids is 1. The summed E-state index contributed by atoms with van der Waals surface area (Å²) in [6.45, 7) is 0. The van der Waals surface area contributed by atoms with E-state index in [4.69, 9.17) is 9.66 Å². The predicted octanol–water partition coefficient (Wildman–Crippen LogP) is -0.604. The van der Waals surface area contributed by atoms with Gasteiger partial charge in [-0.1, -0.05) is 0 Å². The molecule has 0 spiro atoms. The summed E-state index contributed by atoms with van der Waals surface area (Å²) >= 11 is 0. The lowest BCUT2D eigenvalue weighted by atomic mass is 10.2. The van der Waals surface area contributed by atoms with Gasteiger partial charge in [-0.15, -0.1) is 0 Å². The molecule has 1 unspecified atom stereocenters. The van der Waals surface area contributed by atoms with Crippen LogP contribution in [0.15, 0.2) is 0 Å². The van der Waals surface area contributed by atoms with E-state index in [1.807, 2.05) is 0 Å². The van der Waals surface area contributed by atoms with Gasteiger partial charge in [0, 0.05) is 0 Å². The van der Waals surface area contributed by atoms with Crippen LogP contribution in [0.4, 0.5) is 13.2 Å². The van der Waals surface area contributed by atoms with Gasteiger partial charge in [0.2, 0.25) is 0 Å². The first-order chi connectivity index (χ1) is 7.43. The highest BCUT2D eigenvalue weighted by Gasteiger charge is 2.40. The molecule has 17 heavy (non-hydrogen) atoms. The van der Waals surface area contributed by atoms with Crippen molar-refractivity contribution in [3.05, 3.63) is 0 Å². The number of hydrogen-bond donors (Lipinski definition) is 3. The minimum atomic E-state index is -5.27. The van der Waals surface area contributed by atoms with Crippen LogP contribution in [0.2, 0.25) is 0 Å². The van der Waals surface area contributed by atoms with Crippen LogP contribution in [-0.4, -0.2) is 47.9 Å². The normalized spacial score (nSPS) is 14.1. The first-order valence-corrected chi connectivity index (χ1v) is 5.60. The fraction of sp³-hybridized carbons (Fsp3) is 0.667. The summed E-state index contributed by atoms with van der Waals surface area (Å²) in [5.41, 5.74) is 0. The van der Waals surface area contributed by atoms with Crippen molar-refractivity contribution in [2.45, 2.75) is 18.6 Å². The Morgan fingerprint density at radius 1 is 1.29 bits per heavy atom. The van der Waals surface area contributed by atoms with Crippen LogP contribution >= 0.6 is 0 Å². The highest BCUT2D eigenvalue weighted by molar-refractivity contribution is 7.85. The van der Waals surface area contributed by atoms with Gasteiger partial charge in [-0.05, 0) is 6.42 Å². The highest BCUT2D eigenvalue weighted by Crippen LogP contribution is 2.14. The smallest absolute Gasteiger partial charge is 0.471 e. The fourth-order valence-corrected chi connectivity index (χ4v) is 1.30. The largest absolute Gasteiger partial charge is 0.480 e. The number of nitrogens with one attached hydrogen (secondary N) is 1. The first kappa shape index (κ1) is 15.6. The maximum absolute atomic E-state index is 11.8. The van der Waals surface area contributed by atoms with Crippen molar-refractivity contribution >= 4 is 22.0 Å². The SMILES string of the molecule is O=C(O)C(CCS(=O)(=O)O)NC(=O)C(F)(F)F. The van der Waals surface area contributed by atoms with Crippen molar-refractivity contribution in [3.8, 4) is 0 Å². The molecule has 0 radical (unpaired) electrons. The molecule has 7 nitrogen and oxygen atoms in total. The molecule has 0 rings (SSSR count). The number of carbonyl (C=O) groups is 2. The van der Waals surface area contributed by atoms with Gasteiger partial charge in [-0.3, -0.25) is 9.35 Å². The third kappa shape index (κ3) is 6.73. The maximum atomic E-state index is 11.8. The lowest BCUT2D eigenvalue weighted by Gasteiger charge is -2.14. The second-order valence-electron chi connectivity index (χ2n) is 2.94. The first-order valence-electron chi connectivity index (χ1n) is 3.99. The molecule has 0 aliphatic heterocycles. The number of aliphatic carboxylic acids is 1. The zero-order valence-corrected chi connectivity index (χ0v) is 8.88. The molecule has 1 amide bonds. The summed E-state index contributed by atoms with van der Waals surface area (Å²) in [6, 6.07) is -2.05. The van der Waals surface area contributed by atoms with E-state index in [1.165, 1.54) is 0 Å². The number of halogens is 3. The van der Waals surface area contributed by atoms with Crippen molar-refractivity contribution in [1.29, 1.82) is 0 Å². The molecule has 11 heteroatoms. The number of carboxylic acids is 1. The number of carboxylic acid groups (broad SMARTS) is 1. The Kier molecular flexibility index (Phi) is 4.89. The molecule has 0 aliphatic carbocycles. The summed E-state index contributed by atoms with van der Waals surface area (Å²) < 4.78 is 64.1. The average molecular weight is 279 g/mol. The second kappa shape index (κ2) is 5.31. The van der Waals surface area contributed by atoms with E-state index in [-0.39, 0.29) is 0 Å². The molecule has 0 saturated carbocycles.